The van der Waals surface area contributed by atoms with Gasteiger partial charge in [0, 0.05) is 31.2 Å². The molecule has 1 aliphatic rings. The summed E-state index contributed by atoms with van der Waals surface area (Å²) in [6.07, 6.45) is 8.51. The Kier molecular flexibility index (Phi) is 5.84. The molecule has 25 heavy (non-hydrogen) atoms. The summed E-state index contributed by atoms with van der Waals surface area (Å²) in [5, 5.41) is 0.755. The second kappa shape index (κ2) is 8.09. The van der Waals surface area contributed by atoms with Crippen LogP contribution in [-0.4, -0.2) is 38.7 Å². The monoisotopic (exact) mass is 357 g/mol. The Morgan fingerprint density at radius 1 is 1.08 bits per heavy atom. The van der Waals surface area contributed by atoms with Crippen LogP contribution in [0.3, 0.4) is 0 Å². The molecule has 1 aliphatic heterocycles. The van der Waals surface area contributed by atoms with Crippen molar-refractivity contribution in [2.75, 3.05) is 13.1 Å². The van der Waals surface area contributed by atoms with Gasteiger partial charge in [-0.3, -0.25) is 9.36 Å². The second-order valence-electron chi connectivity index (χ2n) is 6.93. The molecule has 1 aromatic carbocycles. The zero-order chi connectivity index (χ0) is 17.8. The van der Waals surface area contributed by atoms with Crippen molar-refractivity contribution in [3.63, 3.8) is 0 Å². The lowest BCUT2D eigenvalue weighted by molar-refractivity contribution is -0.130. The van der Waals surface area contributed by atoms with Gasteiger partial charge in [-0.05, 0) is 56.9 Å². The van der Waals surface area contributed by atoms with Crippen LogP contribution >= 0.6 is 11.8 Å². The number of amides is 1. The van der Waals surface area contributed by atoms with Gasteiger partial charge in [0.25, 0.3) is 0 Å². The van der Waals surface area contributed by atoms with Gasteiger partial charge in [0.05, 0.1) is 5.25 Å². The highest BCUT2D eigenvalue weighted by molar-refractivity contribution is 8.00. The molecule has 0 N–H and O–H groups in total. The van der Waals surface area contributed by atoms with Crippen molar-refractivity contribution in [2.24, 2.45) is 0 Å². The first-order valence-corrected chi connectivity index (χ1v) is 10.00. The topological polar surface area (TPSA) is 38.1 Å². The normalized spacial score (nSPS) is 16.5. The van der Waals surface area contributed by atoms with Gasteiger partial charge in [0.1, 0.15) is 0 Å². The molecule has 2 heterocycles. The predicted molar refractivity (Wildman–Crippen MR) is 103 cm³/mol. The number of aryl methyl sites for hydroxylation is 2. The molecule has 0 bridgehead atoms. The van der Waals surface area contributed by atoms with Gasteiger partial charge in [-0.15, -0.1) is 0 Å². The molecule has 1 saturated heterocycles. The van der Waals surface area contributed by atoms with Gasteiger partial charge in [0.2, 0.25) is 5.91 Å². The third-order valence-corrected chi connectivity index (χ3v) is 5.71. The van der Waals surface area contributed by atoms with Gasteiger partial charge < -0.3 is 4.90 Å². The minimum absolute atomic E-state index is 0.120. The summed E-state index contributed by atoms with van der Waals surface area (Å²) in [5.74, 6) is 0.238. The Balaban J connectivity index is 1.75. The summed E-state index contributed by atoms with van der Waals surface area (Å²) < 4.78 is 2.08. The lowest BCUT2D eigenvalue weighted by atomic mass is 10.1. The fraction of sp³-hybridized carbons (Fsp3) is 0.500. The van der Waals surface area contributed by atoms with E-state index in [2.05, 4.69) is 41.6 Å². The first-order valence-electron chi connectivity index (χ1n) is 9.12. The van der Waals surface area contributed by atoms with E-state index in [1.54, 1.807) is 11.8 Å². The average Bonchev–Trinajstić information content (AvgIpc) is 2.86. The van der Waals surface area contributed by atoms with E-state index >= 15 is 0 Å². The molecule has 4 nitrogen and oxygen atoms in total. The Morgan fingerprint density at radius 2 is 1.72 bits per heavy atom. The van der Waals surface area contributed by atoms with Crippen LogP contribution < -0.4 is 0 Å². The van der Waals surface area contributed by atoms with E-state index in [4.69, 9.17) is 0 Å². The molecule has 134 valence electrons. The van der Waals surface area contributed by atoms with Crippen molar-refractivity contribution >= 4 is 17.7 Å². The number of nitrogens with zero attached hydrogens (tertiary/aromatic N) is 3. The maximum atomic E-state index is 12.8. The average molecular weight is 358 g/mol. The molecule has 1 atom stereocenters. The van der Waals surface area contributed by atoms with Gasteiger partial charge in [0.15, 0.2) is 5.16 Å². The highest BCUT2D eigenvalue weighted by Crippen LogP contribution is 2.27. The van der Waals surface area contributed by atoms with Gasteiger partial charge in [-0.1, -0.05) is 30.7 Å². The smallest absolute Gasteiger partial charge is 0.235 e. The van der Waals surface area contributed by atoms with E-state index in [1.165, 1.54) is 24.0 Å². The first kappa shape index (κ1) is 18.1. The Bertz CT molecular complexity index is 712. The Hall–Kier alpha value is -1.75. The van der Waals surface area contributed by atoms with Crippen LogP contribution in [0.25, 0.3) is 5.69 Å². The molecule has 1 fully saturated rings. The second-order valence-corrected chi connectivity index (χ2v) is 8.23. The zero-order valence-electron chi connectivity index (χ0n) is 15.4. The van der Waals surface area contributed by atoms with E-state index in [0.717, 1.165) is 36.8 Å². The van der Waals surface area contributed by atoms with Crippen LogP contribution in [0.4, 0.5) is 0 Å². The third kappa shape index (κ3) is 4.46. The van der Waals surface area contributed by atoms with E-state index in [9.17, 15) is 4.79 Å². The maximum absolute atomic E-state index is 12.8. The summed E-state index contributed by atoms with van der Waals surface area (Å²) in [6, 6.07) is 6.47. The molecule has 2 aromatic rings. The third-order valence-electron chi connectivity index (χ3n) is 4.64. The van der Waals surface area contributed by atoms with Gasteiger partial charge in [-0.25, -0.2) is 4.98 Å². The molecule has 1 unspecified atom stereocenters. The molecule has 3 rings (SSSR count). The molecule has 0 radical (unpaired) electrons. The Labute approximate surface area is 154 Å². The number of imidazole rings is 1. The quantitative estimate of drug-likeness (QED) is 0.763. The van der Waals surface area contributed by atoms with Crippen LogP contribution in [0.1, 0.15) is 43.7 Å². The largest absolute Gasteiger partial charge is 0.342 e. The van der Waals surface area contributed by atoms with Gasteiger partial charge >= 0.3 is 0 Å². The van der Waals surface area contributed by atoms with Crippen LogP contribution in [0, 0.1) is 13.8 Å². The minimum Gasteiger partial charge on any atom is -0.342 e. The fourth-order valence-corrected chi connectivity index (χ4v) is 4.39. The summed E-state index contributed by atoms with van der Waals surface area (Å²) in [6.45, 7) is 8.00. The number of hydrogen-bond acceptors (Lipinski definition) is 3. The highest BCUT2D eigenvalue weighted by atomic mass is 32.2. The predicted octanol–water partition coefficient (Wildman–Crippen LogP) is 4.37. The summed E-state index contributed by atoms with van der Waals surface area (Å²) in [4.78, 5) is 19.3. The van der Waals surface area contributed by atoms with Crippen molar-refractivity contribution in [1.82, 2.24) is 14.5 Å². The van der Waals surface area contributed by atoms with E-state index < -0.39 is 0 Å². The molecule has 1 amide bonds. The van der Waals surface area contributed by atoms with Crippen molar-refractivity contribution in [2.45, 2.75) is 56.9 Å². The van der Waals surface area contributed by atoms with Crippen molar-refractivity contribution in [1.29, 1.82) is 0 Å². The molecule has 1 aromatic heterocycles. The van der Waals surface area contributed by atoms with E-state index in [-0.39, 0.29) is 11.2 Å². The number of carbonyl (C=O) groups is 1. The molecule has 5 heteroatoms. The van der Waals surface area contributed by atoms with Crippen molar-refractivity contribution < 1.29 is 4.79 Å². The minimum atomic E-state index is -0.120. The van der Waals surface area contributed by atoms with Crippen LogP contribution in [0.2, 0.25) is 0 Å². The number of benzene rings is 1. The SMILES string of the molecule is Cc1cc(C)cc(-n2ccnc2SC(C)C(=O)N2CCCCCC2)c1. The number of thioether (sulfide) groups is 1. The van der Waals surface area contributed by atoms with Crippen LogP contribution in [0.15, 0.2) is 35.7 Å². The van der Waals surface area contributed by atoms with E-state index in [0.29, 0.717) is 0 Å². The molecular weight excluding hydrogens is 330 g/mol. The van der Waals surface area contributed by atoms with Crippen molar-refractivity contribution in [3.05, 3.63) is 41.7 Å². The first-order chi connectivity index (χ1) is 12.0. The summed E-state index contributed by atoms with van der Waals surface area (Å²) >= 11 is 1.55. The summed E-state index contributed by atoms with van der Waals surface area (Å²) in [5.41, 5.74) is 3.56. The Morgan fingerprint density at radius 3 is 2.36 bits per heavy atom. The maximum Gasteiger partial charge on any atom is 0.235 e. The number of rotatable bonds is 4. The number of aromatic nitrogens is 2. The molecule has 0 aliphatic carbocycles. The molecule has 0 saturated carbocycles. The zero-order valence-corrected chi connectivity index (χ0v) is 16.2. The van der Waals surface area contributed by atoms with E-state index in [1.807, 2.05) is 24.2 Å². The standard InChI is InChI=1S/C20H27N3OS/c1-15-12-16(2)14-18(13-15)23-11-8-21-20(23)25-17(3)19(24)22-9-6-4-5-7-10-22/h8,11-14,17H,4-7,9-10H2,1-3H3. The number of hydrogen-bond donors (Lipinski definition) is 0. The lowest BCUT2D eigenvalue weighted by Crippen LogP contribution is -2.37. The lowest BCUT2D eigenvalue weighted by Gasteiger charge is -2.23. The van der Waals surface area contributed by atoms with Crippen LogP contribution in [-0.2, 0) is 4.79 Å². The van der Waals surface area contributed by atoms with Gasteiger partial charge in [-0.2, -0.15) is 0 Å². The summed E-state index contributed by atoms with van der Waals surface area (Å²) in [7, 11) is 0. The van der Waals surface area contributed by atoms with Crippen molar-refractivity contribution in [3.8, 4) is 5.69 Å². The molecular formula is C20H27N3OS. The number of carbonyl (C=O) groups excluding carboxylic acids is 1. The highest BCUT2D eigenvalue weighted by Gasteiger charge is 2.24. The molecule has 0 spiro atoms. The number of likely N-dealkylation sites (tertiary alicyclic amines) is 1. The fourth-order valence-electron chi connectivity index (χ4n) is 3.42. The van der Waals surface area contributed by atoms with Crippen LogP contribution in [0.5, 0.6) is 0 Å².